The number of hydrogen-bond donors (Lipinski definition) is 0. The lowest BCUT2D eigenvalue weighted by atomic mass is 10.3. The van der Waals surface area contributed by atoms with Crippen LogP contribution in [0.5, 0.6) is 0 Å². The van der Waals surface area contributed by atoms with E-state index in [9.17, 15) is 0 Å². The molecule has 2 rings (SSSR count). The van der Waals surface area contributed by atoms with Crippen molar-refractivity contribution in [2.75, 3.05) is 0 Å². The fourth-order valence-electron chi connectivity index (χ4n) is 0.910. The summed E-state index contributed by atoms with van der Waals surface area (Å²) in [5.74, 6) is 0.918. The fourth-order valence-corrected chi connectivity index (χ4v) is 2.53. The van der Waals surface area contributed by atoms with Gasteiger partial charge in [0.05, 0.1) is 0 Å². The van der Waals surface area contributed by atoms with Gasteiger partial charge in [-0.3, -0.25) is 0 Å². The Balaban J connectivity index is 2.28. The van der Waals surface area contributed by atoms with E-state index in [1.54, 1.807) is 4.88 Å². The molecule has 1 aromatic rings. The molecule has 2 heteroatoms. The van der Waals surface area contributed by atoms with Crippen molar-refractivity contribution in [3.63, 3.8) is 0 Å². The standard InChI is InChI=1S/C7H7BrS/c8-6-3-7(9-4-6)5-1-2-5/h3-5H,1-2H2. The molecule has 0 N–H and O–H groups in total. The Morgan fingerprint density at radius 3 is 2.78 bits per heavy atom. The van der Waals surface area contributed by atoms with Gasteiger partial charge in [-0.15, -0.1) is 11.3 Å². The highest BCUT2D eigenvalue weighted by molar-refractivity contribution is 9.10. The first kappa shape index (κ1) is 5.93. The topological polar surface area (TPSA) is 0 Å². The van der Waals surface area contributed by atoms with Gasteiger partial charge in [0.15, 0.2) is 0 Å². The van der Waals surface area contributed by atoms with Crippen LogP contribution in [0, 0.1) is 0 Å². The number of rotatable bonds is 1. The van der Waals surface area contributed by atoms with E-state index in [1.165, 1.54) is 17.3 Å². The summed E-state index contributed by atoms with van der Waals surface area (Å²) in [6, 6.07) is 2.24. The van der Waals surface area contributed by atoms with Crippen LogP contribution in [0.3, 0.4) is 0 Å². The maximum atomic E-state index is 3.44. The highest BCUT2D eigenvalue weighted by atomic mass is 79.9. The Morgan fingerprint density at radius 2 is 2.33 bits per heavy atom. The van der Waals surface area contributed by atoms with Gasteiger partial charge in [-0.05, 0) is 40.8 Å². The molecule has 1 aromatic heterocycles. The summed E-state index contributed by atoms with van der Waals surface area (Å²) >= 11 is 5.31. The van der Waals surface area contributed by atoms with Crippen molar-refractivity contribution in [2.45, 2.75) is 18.8 Å². The first-order valence-corrected chi connectivity index (χ1v) is 4.77. The highest BCUT2D eigenvalue weighted by Crippen LogP contribution is 2.43. The van der Waals surface area contributed by atoms with Crippen LogP contribution in [0.25, 0.3) is 0 Å². The summed E-state index contributed by atoms with van der Waals surface area (Å²) in [5.41, 5.74) is 0. The molecule has 0 spiro atoms. The third-order valence-corrected chi connectivity index (χ3v) is 3.42. The van der Waals surface area contributed by atoms with Gasteiger partial charge in [-0.2, -0.15) is 0 Å². The van der Waals surface area contributed by atoms with E-state index in [0.717, 1.165) is 5.92 Å². The first-order chi connectivity index (χ1) is 4.36. The van der Waals surface area contributed by atoms with Gasteiger partial charge in [0, 0.05) is 14.7 Å². The van der Waals surface area contributed by atoms with Crippen LogP contribution in [-0.2, 0) is 0 Å². The van der Waals surface area contributed by atoms with Crippen LogP contribution in [0.1, 0.15) is 23.6 Å². The Hall–Kier alpha value is 0.180. The van der Waals surface area contributed by atoms with Crippen molar-refractivity contribution in [3.05, 3.63) is 20.8 Å². The lowest BCUT2D eigenvalue weighted by Crippen LogP contribution is -1.63. The maximum absolute atomic E-state index is 3.44. The average molecular weight is 203 g/mol. The molecular weight excluding hydrogens is 196 g/mol. The van der Waals surface area contributed by atoms with Crippen LogP contribution in [0.15, 0.2) is 15.9 Å². The Kier molecular flexibility index (Phi) is 1.38. The molecule has 1 saturated carbocycles. The molecule has 0 aromatic carbocycles. The lowest BCUT2D eigenvalue weighted by molar-refractivity contribution is 1.18. The van der Waals surface area contributed by atoms with Crippen LogP contribution in [-0.4, -0.2) is 0 Å². The van der Waals surface area contributed by atoms with E-state index in [4.69, 9.17) is 0 Å². The summed E-state index contributed by atoms with van der Waals surface area (Å²) < 4.78 is 1.24. The third-order valence-electron chi connectivity index (χ3n) is 1.57. The molecule has 1 aliphatic carbocycles. The SMILES string of the molecule is Brc1csc(C2CC2)c1. The number of hydrogen-bond acceptors (Lipinski definition) is 1. The molecule has 1 aliphatic rings. The second-order valence-corrected chi connectivity index (χ2v) is 4.30. The molecule has 0 atom stereocenters. The molecule has 0 aliphatic heterocycles. The van der Waals surface area contributed by atoms with Crippen molar-refractivity contribution < 1.29 is 0 Å². The molecule has 0 amide bonds. The summed E-state index contributed by atoms with van der Waals surface area (Å²) in [5, 5.41) is 2.16. The lowest BCUT2D eigenvalue weighted by Gasteiger charge is -1.83. The largest absolute Gasteiger partial charge is 0.147 e. The minimum absolute atomic E-state index is 0.918. The number of halogens is 1. The van der Waals surface area contributed by atoms with Gasteiger partial charge >= 0.3 is 0 Å². The minimum Gasteiger partial charge on any atom is -0.147 e. The van der Waals surface area contributed by atoms with E-state index >= 15 is 0 Å². The van der Waals surface area contributed by atoms with Crippen LogP contribution in [0.2, 0.25) is 0 Å². The van der Waals surface area contributed by atoms with Gasteiger partial charge in [0.1, 0.15) is 0 Å². The normalized spacial score (nSPS) is 18.3. The summed E-state index contributed by atoms with van der Waals surface area (Å²) in [6.45, 7) is 0. The van der Waals surface area contributed by atoms with Crippen LogP contribution in [0.4, 0.5) is 0 Å². The van der Waals surface area contributed by atoms with Crippen LogP contribution < -0.4 is 0 Å². The molecule has 1 fully saturated rings. The monoisotopic (exact) mass is 202 g/mol. The Morgan fingerprint density at radius 1 is 1.56 bits per heavy atom. The highest BCUT2D eigenvalue weighted by Gasteiger charge is 2.24. The van der Waals surface area contributed by atoms with E-state index in [1.807, 2.05) is 11.3 Å². The molecule has 0 saturated heterocycles. The molecule has 48 valence electrons. The molecule has 9 heavy (non-hydrogen) atoms. The maximum Gasteiger partial charge on any atom is 0.0285 e. The molecule has 1 heterocycles. The van der Waals surface area contributed by atoms with Gasteiger partial charge < -0.3 is 0 Å². The van der Waals surface area contributed by atoms with Crippen LogP contribution >= 0.6 is 27.3 Å². The van der Waals surface area contributed by atoms with Crippen molar-refractivity contribution >= 4 is 27.3 Å². The molecule has 0 radical (unpaired) electrons. The van der Waals surface area contributed by atoms with E-state index in [2.05, 4.69) is 27.4 Å². The number of thiophene rings is 1. The van der Waals surface area contributed by atoms with Crippen molar-refractivity contribution in [1.82, 2.24) is 0 Å². The Labute approximate surface area is 67.0 Å². The predicted octanol–water partition coefficient (Wildman–Crippen LogP) is 3.39. The van der Waals surface area contributed by atoms with Crippen molar-refractivity contribution in [3.8, 4) is 0 Å². The van der Waals surface area contributed by atoms with Gasteiger partial charge in [0.2, 0.25) is 0 Å². The predicted molar refractivity (Wildman–Crippen MR) is 44.0 cm³/mol. The van der Waals surface area contributed by atoms with Gasteiger partial charge in [-0.1, -0.05) is 0 Å². The van der Waals surface area contributed by atoms with E-state index < -0.39 is 0 Å². The fraction of sp³-hybridized carbons (Fsp3) is 0.429. The second kappa shape index (κ2) is 2.10. The van der Waals surface area contributed by atoms with Gasteiger partial charge in [0.25, 0.3) is 0 Å². The quantitative estimate of drug-likeness (QED) is 0.656. The molecule has 0 nitrogen and oxygen atoms in total. The Bertz CT molecular complexity index is 212. The van der Waals surface area contributed by atoms with E-state index in [-0.39, 0.29) is 0 Å². The second-order valence-electron chi connectivity index (χ2n) is 2.44. The third kappa shape index (κ3) is 1.19. The summed E-state index contributed by atoms with van der Waals surface area (Å²) in [6.07, 6.45) is 2.82. The minimum atomic E-state index is 0.918. The van der Waals surface area contributed by atoms with Crippen molar-refractivity contribution in [2.24, 2.45) is 0 Å². The summed E-state index contributed by atoms with van der Waals surface area (Å²) in [4.78, 5) is 1.56. The zero-order valence-corrected chi connectivity index (χ0v) is 7.33. The average Bonchev–Trinajstić information content (AvgIpc) is 2.58. The van der Waals surface area contributed by atoms with Gasteiger partial charge in [-0.25, -0.2) is 0 Å². The zero-order valence-electron chi connectivity index (χ0n) is 4.93. The zero-order chi connectivity index (χ0) is 6.27. The van der Waals surface area contributed by atoms with E-state index in [0.29, 0.717) is 0 Å². The van der Waals surface area contributed by atoms with Crippen molar-refractivity contribution in [1.29, 1.82) is 0 Å². The summed E-state index contributed by atoms with van der Waals surface area (Å²) in [7, 11) is 0. The molecule has 0 unspecified atom stereocenters. The molecule has 0 bridgehead atoms. The molecular formula is C7H7BrS. The smallest absolute Gasteiger partial charge is 0.0285 e. The first-order valence-electron chi connectivity index (χ1n) is 3.10.